The van der Waals surface area contributed by atoms with Crippen LogP contribution in [-0.2, 0) is 0 Å². The molecule has 1 aliphatic heterocycles. The van der Waals surface area contributed by atoms with Crippen LogP contribution in [0.15, 0.2) is 16.8 Å². The fourth-order valence-electron chi connectivity index (χ4n) is 2.73. The second-order valence-corrected chi connectivity index (χ2v) is 5.88. The van der Waals surface area contributed by atoms with Crippen LogP contribution in [-0.4, -0.2) is 47.0 Å². The summed E-state index contributed by atoms with van der Waals surface area (Å²) < 4.78 is 5.44. The van der Waals surface area contributed by atoms with Crippen molar-refractivity contribution in [3.8, 4) is 0 Å². The number of piperazine rings is 1. The second-order valence-electron chi connectivity index (χ2n) is 5.50. The van der Waals surface area contributed by atoms with Crippen molar-refractivity contribution in [2.45, 2.75) is 13.8 Å². The molecule has 1 saturated heterocycles. The molecule has 1 amide bonds. The summed E-state index contributed by atoms with van der Waals surface area (Å²) in [6.45, 7) is 6.09. The lowest BCUT2D eigenvalue weighted by molar-refractivity contribution is 0.0745. The number of aryl methyl sites for hydroxylation is 2. The Kier molecular flexibility index (Phi) is 4.12. The molecule has 1 aliphatic rings. The van der Waals surface area contributed by atoms with Gasteiger partial charge >= 0.3 is 0 Å². The monoisotopic (exact) mass is 335 g/mol. The molecular weight excluding hydrogens is 318 g/mol. The molecular formula is C15H18ClN5O2. The first-order chi connectivity index (χ1) is 11.0. The predicted molar refractivity (Wildman–Crippen MR) is 87.8 cm³/mol. The van der Waals surface area contributed by atoms with Crippen LogP contribution in [0, 0.1) is 13.8 Å². The van der Waals surface area contributed by atoms with Gasteiger partial charge in [-0.2, -0.15) is 0 Å². The van der Waals surface area contributed by atoms with Crippen molar-refractivity contribution in [2.24, 2.45) is 0 Å². The molecule has 2 aromatic heterocycles. The molecule has 3 rings (SSSR count). The number of aromatic nitrogens is 2. The van der Waals surface area contributed by atoms with E-state index in [4.69, 9.17) is 21.8 Å². The van der Waals surface area contributed by atoms with Gasteiger partial charge in [0.1, 0.15) is 28.7 Å². The number of nitrogen functional groups attached to an aromatic ring is 1. The van der Waals surface area contributed by atoms with Crippen LogP contribution < -0.4 is 10.6 Å². The molecule has 0 aromatic carbocycles. The minimum Gasteiger partial charge on any atom is -0.466 e. The minimum atomic E-state index is -0.00713. The number of halogens is 1. The standard InChI is InChI=1S/C15H18ClN5O2/c1-9-7-11(10(2)23-9)15(22)21-5-3-20(4-6-21)14-12(16)13(17)18-8-19-14/h7-8H,3-6H2,1-2H3,(H2,17,18,19). The molecule has 0 radical (unpaired) electrons. The van der Waals surface area contributed by atoms with Crippen LogP contribution in [0.3, 0.4) is 0 Å². The number of furan rings is 1. The average molecular weight is 336 g/mol. The summed E-state index contributed by atoms with van der Waals surface area (Å²) in [6, 6.07) is 1.78. The molecule has 0 bridgehead atoms. The quantitative estimate of drug-likeness (QED) is 0.901. The van der Waals surface area contributed by atoms with E-state index in [0.29, 0.717) is 48.3 Å². The van der Waals surface area contributed by atoms with E-state index in [2.05, 4.69) is 9.97 Å². The zero-order chi connectivity index (χ0) is 16.6. The van der Waals surface area contributed by atoms with Gasteiger partial charge in [-0.25, -0.2) is 9.97 Å². The first-order valence-corrected chi connectivity index (χ1v) is 7.72. The highest BCUT2D eigenvalue weighted by Gasteiger charge is 2.26. The Morgan fingerprint density at radius 3 is 2.57 bits per heavy atom. The van der Waals surface area contributed by atoms with Gasteiger partial charge in [0.25, 0.3) is 5.91 Å². The normalized spacial score (nSPS) is 15.1. The van der Waals surface area contributed by atoms with E-state index in [1.807, 2.05) is 16.7 Å². The van der Waals surface area contributed by atoms with Crippen molar-refractivity contribution >= 4 is 29.1 Å². The van der Waals surface area contributed by atoms with Crippen LogP contribution in [0.1, 0.15) is 21.9 Å². The van der Waals surface area contributed by atoms with Crippen LogP contribution in [0.2, 0.25) is 5.02 Å². The Labute approximate surface area is 139 Å². The Balaban J connectivity index is 1.70. The third-order valence-corrected chi connectivity index (χ3v) is 4.30. The maximum absolute atomic E-state index is 12.6. The van der Waals surface area contributed by atoms with Gasteiger partial charge in [0.2, 0.25) is 0 Å². The van der Waals surface area contributed by atoms with Crippen molar-refractivity contribution < 1.29 is 9.21 Å². The van der Waals surface area contributed by atoms with Crippen LogP contribution in [0.4, 0.5) is 11.6 Å². The summed E-state index contributed by atoms with van der Waals surface area (Å²) in [6.07, 6.45) is 1.39. The largest absolute Gasteiger partial charge is 0.466 e. The van der Waals surface area contributed by atoms with E-state index < -0.39 is 0 Å². The molecule has 7 nitrogen and oxygen atoms in total. The molecule has 2 aromatic rings. The van der Waals surface area contributed by atoms with Gasteiger partial charge in [-0.15, -0.1) is 0 Å². The SMILES string of the molecule is Cc1cc(C(=O)N2CCN(c3ncnc(N)c3Cl)CC2)c(C)o1. The van der Waals surface area contributed by atoms with Gasteiger partial charge in [-0.05, 0) is 19.9 Å². The molecule has 8 heteroatoms. The summed E-state index contributed by atoms with van der Waals surface area (Å²) in [7, 11) is 0. The van der Waals surface area contributed by atoms with Crippen molar-refractivity contribution in [3.05, 3.63) is 34.5 Å². The average Bonchev–Trinajstić information content (AvgIpc) is 2.88. The third kappa shape index (κ3) is 2.96. The number of rotatable bonds is 2. The number of carbonyl (C=O) groups excluding carboxylic acids is 1. The Morgan fingerprint density at radius 2 is 1.96 bits per heavy atom. The number of hydrogen-bond donors (Lipinski definition) is 1. The van der Waals surface area contributed by atoms with Gasteiger partial charge in [-0.1, -0.05) is 11.6 Å². The minimum absolute atomic E-state index is 0.00713. The fourth-order valence-corrected chi connectivity index (χ4v) is 2.95. The zero-order valence-corrected chi connectivity index (χ0v) is 13.8. The van der Waals surface area contributed by atoms with E-state index in [0.717, 1.165) is 5.76 Å². The summed E-state index contributed by atoms with van der Waals surface area (Å²) in [5.41, 5.74) is 6.34. The van der Waals surface area contributed by atoms with Crippen LogP contribution in [0.5, 0.6) is 0 Å². The molecule has 1 fully saturated rings. The van der Waals surface area contributed by atoms with Gasteiger partial charge in [0, 0.05) is 26.2 Å². The predicted octanol–water partition coefficient (Wildman–Crippen LogP) is 1.88. The van der Waals surface area contributed by atoms with E-state index in [1.165, 1.54) is 6.33 Å². The van der Waals surface area contributed by atoms with Crippen molar-refractivity contribution in [1.82, 2.24) is 14.9 Å². The van der Waals surface area contributed by atoms with Gasteiger partial charge in [0.05, 0.1) is 5.56 Å². The van der Waals surface area contributed by atoms with Crippen LogP contribution in [0.25, 0.3) is 0 Å². The summed E-state index contributed by atoms with van der Waals surface area (Å²) in [5, 5.41) is 0.355. The molecule has 0 atom stereocenters. The first kappa shape index (κ1) is 15.6. The zero-order valence-electron chi connectivity index (χ0n) is 13.0. The lowest BCUT2D eigenvalue weighted by Crippen LogP contribution is -2.49. The number of anilines is 2. The number of nitrogens with two attached hydrogens (primary N) is 1. The first-order valence-electron chi connectivity index (χ1n) is 7.34. The topological polar surface area (TPSA) is 88.5 Å². The number of hydrogen-bond acceptors (Lipinski definition) is 6. The molecule has 0 unspecified atom stereocenters. The molecule has 23 heavy (non-hydrogen) atoms. The van der Waals surface area contributed by atoms with Crippen LogP contribution >= 0.6 is 11.6 Å². The van der Waals surface area contributed by atoms with E-state index in [1.54, 1.807) is 13.0 Å². The molecule has 0 aliphatic carbocycles. The lowest BCUT2D eigenvalue weighted by atomic mass is 10.2. The summed E-state index contributed by atoms with van der Waals surface area (Å²) in [5.74, 6) is 2.27. The highest BCUT2D eigenvalue weighted by atomic mass is 35.5. The number of carbonyl (C=O) groups is 1. The number of nitrogens with zero attached hydrogens (tertiary/aromatic N) is 4. The molecule has 2 N–H and O–H groups in total. The maximum atomic E-state index is 12.6. The van der Waals surface area contributed by atoms with E-state index >= 15 is 0 Å². The molecule has 3 heterocycles. The molecule has 0 saturated carbocycles. The molecule has 122 valence electrons. The van der Waals surface area contributed by atoms with E-state index in [-0.39, 0.29) is 11.7 Å². The van der Waals surface area contributed by atoms with Crippen molar-refractivity contribution in [2.75, 3.05) is 36.8 Å². The summed E-state index contributed by atoms with van der Waals surface area (Å²) >= 11 is 6.16. The van der Waals surface area contributed by atoms with Crippen molar-refractivity contribution in [1.29, 1.82) is 0 Å². The molecule has 0 spiro atoms. The van der Waals surface area contributed by atoms with Gasteiger partial charge in [0.15, 0.2) is 5.82 Å². The van der Waals surface area contributed by atoms with E-state index in [9.17, 15) is 4.79 Å². The Morgan fingerprint density at radius 1 is 1.26 bits per heavy atom. The highest BCUT2D eigenvalue weighted by Crippen LogP contribution is 2.28. The lowest BCUT2D eigenvalue weighted by Gasteiger charge is -2.35. The highest BCUT2D eigenvalue weighted by molar-refractivity contribution is 6.35. The Hall–Kier alpha value is -2.28. The summed E-state index contributed by atoms with van der Waals surface area (Å²) in [4.78, 5) is 24.5. The Bertz CT molecular complexity index is 737. The van der Waals surface area contributed by atoms with Gasteiger partial charge < -0.3 is 20.0 Å². The fraction of sp³-hybridized carbons (Fsp3) is 0.400. The third-order valence-electron chi connectivity index (χ3n) is 3.94. The smallest absolute Gasteiger partial charge is 0.257 e. The van der Waals surface area contributed by atoms with Gasteiger partial charge in [-0.3, -0.25) is 4.79 Å². The second kappa shape index (κ2) is 6.08. The maximum Gasteiger partial charge on any atom is 0.257 e. The van der Waals surface area contributed by atoms with Crippen molar-refractivity contribution in [3.63, 3.8) is 0 Å². The number of amides is 1.